The molecule has 1 aromatic carbocycles. The van der Waals surface area contributed by atoms with Gasteiger partial charge in [0.15, 0.2) is 0 Å². The van der Waals surface area contributed by atoms with Crippen molar-refractivity contribution in [2.75, 3.05) is 7.11 Å². The van der Waals surface area contributed by atoms with E-state index in [4.69, 9.17) is 4.74 Å². The summed E-state index contributed by atoms with van der Waals surface area (Å²) in [5.74, 6) is 0.411. The molecule has 1 aliphatic carbocycles. The predicted octanol–water partition coefficient (Wildman–Crippen LogP) is 2.58. The van der Waals surface area contributed by atoms with E-state index in [1.807, 2.05) is 0 Å². The molecule has 1 aliphatic rings. The van der Waals surface area contributed by atoms with Crippen molar-refractivity contribution in [2.45, 2.75) is 26.2 Å². The second-order valence-electron chi connectivity index (χ2n) is 4.33. The molecule has 15 heavy (non-hydrogen) atoms. The normalized spacial score (nSPS) is 23.7. The zero-order valence-corrected chi connectivity index (χ0v) is 9.41. The van der Waals surface area contributed by atoms with Gasteiger partial charge in [0.25, 0.3) is 0 Å². The molecule has 0 aliphatic heterocycles. The maximum atomic E-state index is 11.3. The Morgan fingerprint density at radius 2 is 2.13 bits per heavy atom. The Kier molecular flexibility index (Phi) is 2.51. The third-order valence-electron chi connectivity index (χ3n) is 3.13. The molecule has 0 bridgehead atoms. The van der Waals surface area contributed by atoms with Gasteiger partial charge in [-0.3, -0.25) is 4.79 Å². The Bertz CT molecular complexity index is 396. The summed E-state index contributed by atoms with van der Waals surface area (Å²) >= 11 is 0. The highest BCUT2D eigenvalue weighted by atomic mass is 16.5. The largest absolute Gasteiger partial charge is 0.469 e. The summed E-state index contributed by atoms with van der Waals surface area (Å²) in [7, 11) is 1.46. The molecular formula is C13H16O2. The summed E-state index contributed by atoms with van der Waals surface area (Å²) in [5.41, 5.74) is 3.84. The van der Waals surface area contributed by atoms with Crippen LogP contribution in [0, 0.1) is 19.8 Å². The number of benzene rings is 1. The van der Waals surface area contributed by atoms with Gasteiger partial charge in [-0.2, -0.15) is 0 Å². The van der Waals surface area contributed by atoms with Gasteiger partial charge in [-0.1, -0.05) is 23.8 Å². The van der Waals surface area contributed by atoms with E-state index in [0.29, 0.717) is 5.92 Å². The van der Waals surface area contributed by atoms with Gasteiger partial charge in [0.2, 0.25) is 0 Å². The van der Waals surface area contributed by atoms with Crippen molar-refractivity contribution in [3.05, 3.63) is 34.9 Å². The Labute approximate surface area is 90.3 Å². The topological polar surface area (TPSA) is 26.3 Å². The highest BCUT2D eigenvalue weighted by molar-refractivity contribution is 5.77. The minimum Gasteiger partial charge on any atom is -0.469 e. The van der Waals surface area contributed by atoms with Gasteiger partial charge in [-0.15, -0.1) is 0 Å². The summed E-state index contributed by atoms with van der Waals surface area (Å²) < 4.78 is 4.76. The molecule has 2 rings (SSSR count). The Balaban J connectivity index is 2.19. The van der Waals surface area contributed by atoms with Crippen molar-refractivity contribution in [3.63, 3.8) is 0 Å². The standard InChI is InChI=1S/C13H16O2/c1-8-4-5-9(2)10(6-8)11-7-12(11)13(14)15-3/h4-6,11-12H,7H2,1-3H3/t11-,12+/m0/s1. The molecule has 2 nitrogen and oxygen atoms in total. The number of hydrogen-bond donors (Lipinski definition) is 0. The molecule has 2 heteroatoms. The Hall–Kier alpha value is -1.31. The third kappa shape index (κ3) is 1.89. The number of aryl methyl sites for hydroxylation is 2. The molecule has 0 amide bonds. The van der Waals surface area contributed by atoms with Gasteiger partial charge in [-0.05, 0) is 37.3 Å². The molecule has 0 saturated heterocycles. The summed E-state index contributed by atoms with van der Waals surface area (Å²) in [6, 6.07) is 6.41. The van der Waals surface area contributed by atoms with E-state index in [-0.39, 0.29) is 11.9 Å². The van der Waals surface area contributed by atoms with Crippen LogP contribution in [0.25, 0.3) is 0 Å². The zero-order valence-electron chi connectivity index (χ0n) is 9.41. The molecule has 80 valence electrons. The molecule has 1 aromatic rings. The highest BCUT2D eigenvalue weighted by Crippen LogP contribution is 2.49. The van der Waals surface area contributed by atoms with Crippen LogP contribution in [0.1, 0.15) is 29.0 Å². The average Bonchev–Trinajstić information content (AvgIpc) is 3.00. The van der Waals surface area contributed by atoms with Crippen molar-refractivity contribution in [3.8, 4) is 0 Å². The molecule has 0 heterocycles. The summed E-state index contributed by atoms with van der Waals surface area (Å²) in [6.45, 7) is 4.18. The average molecular weight is 204 g/mol. The first-order valence-corrected chi connectivity index (χ1v) is 5.28. The fourth-order valence-electron chi connectivity index (χ4n) is 2.11. The molecule has 1 fully saturated rings. The minimum absolute atomic E-state index is 0.0686. The fourth-order valence-corrected chi connectivity index (χ4v) is 2.11. The predicted molar refractivity (Wildman–Crippen MR) is 58.8 cm³/mol. The van der Waals surface area contributed by atoms with Crippen LogP contribution in [0.2, 0.25) is 0 Å². The van der Waals surface area contributed by atoms with Crippen LogP contribution in [0.3, 0.4) is 0 Å². The number of carbonyl (C=O) groups excluding carboxylic acids is 1. The zero-order chi connectivity index (χ0) is 11.0. The van der Waals surface area contributed by atoms with Gasteiger partial charge in [0, 0.05) is 0 Å². The number of esters is 1. The van der Waals surface area contributed by atoms with Crippen LogP contribution in [0.15, 0.2) is 18.2 Å². The summed E-state index contributed by atoms with van der Waals surface area (Å²) in [5, 5.41) is 0. The van der Waals surface area contributed by atoms with Crippen molar-refractivity contribution >= 4 is 5.97 Å². The van der Waals surface area contributed by atoms with E-state index in [1.165, 1.54) is 23.8 Å². The van der Waals surface area contributed by atoms with Crippen LogP contribution in [-0.2, 0) is 9.53 Å². The van der Waals surface area contributed by atoms with Gasteiger partial charge in [0.05, 0.1) is 13.0 Å². The van der Waals surface area contributed by atoms with Gasteiger partial charge >= 0.3 is 5.97 Å². The lowest BCUT2D eigenvalue weighted by molar-refractivity contribution is -0.142. The van der Waals surface area contributed by atoms with Crippen molar-refractivity contribution in [1.82, 2.24) is 0 Å². The van der Waals surface area contributed by atoms with Crippen LogP contribution in [0.4, 0.5) is 0 Å². The number of rotatable bonds is 2. The van der Waals surface area contributed by atoms with Crippen molar-refractivity contribution in [1.29, 1.82) is 0 Å². The smallest absolute Gasteiger partial charge is 0.309 e. The lowest BCUT2D eigenvalue weighted by Gasteiger charge is -2.05. The lowest BCUT2D eigenvalue weighted by Crippen LogP contribution is -2.04. The van der Waals surface area contributed by atoms with E-state index in [0.717, 1.165) is 6.42 Å². The molecule has 0 radical (unpaired) electrons. The number of carbonyl (C=O) groups is 1. The van der Waals surface area contributed by atoms with Crippen LogP contribution < -0.4 is 0 Å². The fraction of sp³-hybridized carbons (Fsp3) is 0.462. The SMILES string of the molecule is COC(=O)[C@@H]1C[C@H]1c1cc(C)ccc1C. The molecule has 0 unspecified atom stereocenters. The van der Waals surface area contributed by atoms with Gasteiger partial charge in [0.1, 0.15) is 0 Å². The summed E-state index contributed by atoms with van der Waals surface area (Å²) in [6.07, 6.45) is 0.941. The first-order valence-electron chi connectivity index (χ1n) is 5.28. The summed E-state index contributed by atoms with van der Waals surface area (Å²) in [4.78, 5) is 11.3. The highest BCUT2D eigenvalue weighted by Gasteiger charge is 2.45. The van der Waals surface area contributed by atoms with E-state index >= 15 is 0 Å². The van der Waals surface area contributed by atoms with E-state index in [2.05, 4.69) is 32.0 Å². The Morgan fingerprint density at radius 3 is 2.80 bits per heavy atom. The molecule has 2 atom stereocenters. The molecule has 0 spiro atoms. The molecule has 0 aromatic heterocycles. The maximum absolute atomic E-state index is 11.3. The van der Waals surface area contributed by atoms with Gasteiger partial charge < -0.3 is 4.74 Å². The van der Waals surface area contributed by atoms with Crippen LogP contribution in [-0.4, -0.2) is 13.1 Å². The van der Waals surface area contributed by atoms with E-state index in [9.17, 15) is 4.79 Å². The van der Waals surface area contributed by atoms with Crippen LogP contribution >= 0.6 is 0 Å². The molecular weight excluding hydrogens is 188 g/mol. The maximum Gasteiger partial charge on any atom is 0.309 e. The number of hydrogen-bond acceptors (Lipinski definition) is 2. The number of methoxy groups -OCH3 is 1. The monoisotopic (exact) mass is 204 g/mol. The first kappa shape index (κ1) is 10.2. The first-order chi connectivity index (χ1) is 7.13. The minimum atomic E-state index is -0.0686. The number of ether oxygens (including phenoxy) is 1. The molecule has 0 N–H and O–H groups in total. The quantitative estimate of drug-likeness (QED) is 0.692. The lowest BCUT2D eigenvalue weighted by atomic mass is 10.0. The third-order valence-corrected chi connectivity index (χ3v) is 3.13. The van der Waals surface area contributed by atoms with Crippen molar-refractivity contribution in [2.24, 2.45) is 5.92 Å². The van der Waals surface area contributed by atoms with Gasteiger partial charge in [-0.25, -0.2) is 0 Å². The Morgan fingerprint density at radius 1 is 1.40 bits per heavy atom. The molecule has 1 saturated carbocycles. The van der Waals surface area contributed by atoms with Crippen LogP contribution in [0.5, 0.6) is 0 Å². The second-order valence-corrected chi connectivity index (χ2v) is 4.33. The van der Waals surface area contributed by atoms with E-state index in [1.54, 1.807) is 0 Å². The second kappa shape index (κ2) is 3.69. The van der Waals surface area contributed by atoms with E-state index < -0.39 is 0 Å². The van der Waals surface area contributed by atoms with Crippen molar-refractivity contribution < 1.29 is 9.53 Å².